The molecule has 2 fully saturated rings. The summed E-state index contributed by atoms with van der Waals surface area (Å²) in [6.07, 6.45) is 9.99. The van der Waals surface area contributed by atoms with E-state index >= 15 is 0 Å². The summed E-state index contributed by atoms with van der Waals surface area (Å²) in [6, 6.07) is 8.31. The van der Waals surface area contributed by atoms with Crippen LogP contribution in [0.15, 0.2) is 36.7 Å². The molecular formula is C20H22ClN5. The first-order valence-corrected chi connectivity index (χ1v) is 9.71. The number of aromatic nitrogens is 3. The smallest absolute Gasteiger partial charge is 0.223 e. The van der Waals surface area contributed by atoms with Gasteiger partial charge in [0.05, 0.1) is 16.2 Å². The number of aromatic amines is 1. The van der Waals surface area contributed by atoms with E-state index in [0.29, 0.717) is 17.5 Å². The number of hydrogen-bond acceptors (Lipinski definition) is 4. The summed E-state index contributed by atoms with van der Waals surface area (Å²) in [4.78, 5) is 12.5. The summed E-state index contributed by atoms with van der Waals surface area (Å²) in [5, 5.41) is 9.08. The summed E-state index contributed by atoms with van der Waals surface area (Å²) in [5.41, 5.74) is 3.26. The summed E-state index contributed by atoms with van der Waals surface area (Å²) in [7, 11) is 0. The molecule has 26 heavy (non-hydrogen) atoms. The lowest BCUT2D eigenvalue weighted by atomic mass is 9.70. The minimum absolute atomic E-state index is 0.362. The molecule has 1 aliphatic heterocycles. The van der Waals surface area contributed by atoms with Crippen molar-refractivity contribution in [1.29, 1.82) is 0 Å². The normalized spacial score (nSPS) is 21.7. The Kier molecular flexibility index (Phi) is 3.87. The van der Waals surface area contributed by atoms with Gasteiger partial charge in [0.1, 0.15) is 0 Å². The first-order chi connectivity index (χ1) is 12.7. The fourth-order valence-corrected chi connectivity index (χ4v) is 4.58. The van der Waals surface area contributed by atoms with Crippen molar-refractivity contribution in [3.63, 3.8) is 0 Å². The molecule has 5 nitrogen and oxygen atoms in total. The standard InChI is InChI=1S/C20H22ClN5/c21-16-4-1-3-14-15(12-23-18(14)16)17-6-9-22-19(26-17)25-13-5-10-24-20(11-13)7-2-8-20/h1,3-4,6,9,12-13,23-24H,2,5,7-8,10-11H2,(H,22,25,26). The van der Waals surface area contributed by atoms with Crippen LogP contribution >= 0.6 is 11.6 Å². The Morgan fingerprint density at radius 1 is 1.23 bits per heavy atom. The molecule has 2 aromatic heterocycles. The lowest BCUT2D eigenvalue weighted by Gasteiger charge is -2.48. The molecule has 0 amide bonds. The number of fused-ring (bicyclic) bond motifs is 1. The first kappa shape index (κ1) is 16.1. The SMILES string of the molecule is Clc1cccc2c(-c3ccnc(NC4CCNC5(CCC5)C4)n3)c[nH]c12. The molecular weight excluding hydrogens is 346 g/mol. The van der Waals surface area contributed by atoms with Gasteiger partial charge in [0.2, 0.25) is 5.95 Å². The predicted molar refractivity (Wildman–Crippen MR) is 106 cm³/mol. The molecule has 134 valence electrons. The van der Waals surface area contributed by atoms with Crippen molar-refractivity contribution in [2.24, 2.45) is 0 Å². The Bertz CT molecular complexity index is 946. The average Bonchev–Trinajstić information content (AvgIpc) is 3.06. The second kappa shape index (κ2) is 6.25. The summed E-state index contributed by atoms with van der Waals surface area (Å²) < 4.78 is 0. The van der Waals surface area contributed by atoms with Gasteiger partial charge in [-0.1, -0.05) is 23.7 Å². The van der Waals surface area contributed by atoms with Crippen molar-refractivity contribution < 1.29 is 0 Å². The van der Waals surface area contributed by atoms with E-state index in [0.717, 1.165) is 46.6 Å². The van der Waals surface area contributed by atoms with Gasteiger partial charge in [-0.3, -0.25) is 0 Å². The highest BCUT2D eigenvalue weighted by Gasteiger charge is 2.40. The van der Waals surface area contributed by atoms with Gasteiger partial charge in [-0.25, -0.2) is 9.97 Å². The number of rotatable bonds is 3. The van der Waals surface area contributed by atoms with E-state index < -0.39 is 0 Å². The van der Waals surface area contributed by atoms with Crippen LogP contribution < -0.4 is 10.6 Å². The van der Waals surface area contributed by atoms with Crippen LogP contribution in [-0.4, -0.2) is 33.1 Å². The molecule has 1 atom stereocenters. The molecule has 5 rings (SSSR count). The van der Waals surface area contributed by atoms with Gasteiger partial charge in [-0.15, -0.1) is 0 Å². The number of H-pyrrole nitrogens is 1. The van der Waals surface area contributed by atoms with Gasteiger partial charge in [-0.05, 0) is 50.8 Å². The number of piperidine rings is 1. The topological polar surface area (TPSA) is 65.6 Å². The maximum absolute atomic E-state index is 6.28. The lowest BCUT2D eigenvalue weighted by Crippen LogP contribution is -2.58. The highest BCUT2D eigenvalue weighted by molar-refractivity contribution is 6.35. The Balaban J connectivity index is 1.41. The highest BCUT2D eigenvalue weighted by atomic mass is 35.5. The zero-order valence-electron chi connectivity index (χ0n) is 14.6. The molecule has 1 aromatic carbocycles. The molecule has 3 N–H and O–H groups in total. The molecule has 1 unspecified atom stereocenters. The lowest BCUT2D eigenvalue weighted by molar-refractivity contribution is 0.135. The number of nitrogens with one attached hydrogen (secondary N) is 3. The largest absolute Gasteiger partial charge is 0.359 e. The van der Waals surface area contributed by atoms with E-state index in [1.54, 1.807) is 0 Å². The maximum atomic E-state index is 6.28. The third-order valence-electron chi connectivity index (χ3n) is 5.87. The van der Waals surface area contributed by atoms with E-state index in [9.17, 15) is 0 Å². The maximum Gasteiger partial charge on any atom is 0.223 e. The van der Waals surface area contributed by atoms with Gasteiger partial charge < -0.3 is 15.6 Å². The van der Waals surface area contributed by atoms with E-state index in [2.05, 4.69) is 26.7 Å². The summed E-state index contributed by atoms with van der Waals surface area (Å²) in [6.45, 7) is 1.07. The molecule has 3 heterocycles. The number of benzene rings is 1. The third-order valence-corrected chi connectivity index (χ3v) is 6.18. The van der Waals surface area contributed by atoms with Gasteiger partial charge in [0.25, 0.3) is 0 Å². The Morgan fingerprint density at radius 2 is 2.15 bits per heavy atom. The van der Waals surface area contributed by atoms with E-state index in [1.165, 1.54) is 19.3 Å². The van der Waals surface area contributed by atoms with Crippen molar-refractivity contribution in [2.45, 2.75) is 43.7 Å². The first-order valence-electron chi connectivity index (χ1n) is 9.33. The summed E-state index contributed by atoms with van der Waals surface area (Å²) >= 11 is 6.28. The fraction of sp³-hybridized carbons (Fsp3) is 0.400. The second-order valence-electron chi connectivity index (χ2n) is 7.52. The van der Waals surface area contributed by atoms with Crippen LogP contribution in [0.5, 0.6) is 0 Å². The quantitative estimate of drug-likeness (QED) is 0.643. The molecule has 1 spiro atoms. The number of anilines is 1. The molecule has 2 aliphatic rings. The minimum Gasteiger partial charge on any atom is -0.359 e. The van der Waals surface area contributed by atoms with Gasteiger partial charge in [-0.2, -0.15) is 0 Å². The van der Waals surface area contributed by atoms with Crippen LogP contribution in [0, 0.1) is 0 Å². The number of hydrogen-bond donors (Lipinski definition) is 3. The van der Waals surface area contributed by atoms with Crippen molar-refractivity contribution in [2.75, 3.05) is 11.9 Å². The molecule has 1 aliphatic carbocycles. The number of nitrogens with zero attached hydrogens (tertiary/aromatic N) is 2. The van der Waals surface area contributed by atoms with Crippen LogP contribution in [0.2, 0.25) is 5.02 Å². The number of halogens is 1. The van der Waals surface area contributed by atoms with Crippen molar-refractivity contribution in [3.8, 4) is 11.3 Å². The zero-order valence-corrected chi connectivity index (χ0v) is 15.3. The Labute approximate surface area is 157 Å². The average molecular weight is 368 g/mol. The minimum atomic E-state index is 0.362. The molecule has 3 aromatic rings. The number of para-hydroxylation sites is 1. The zero-order chi connectivity index (χ0) is 17.6. The predicted octanol–water partition coefficient (Wildman–Crippen LogP) is 4.36. The Morgan fingerprint density at radius 3 is 3.00 bits per heavy atom. The van der Waals surface area contributed by atoms with E-state index in [-0.39, 0.29) is 0 Å². The van der Waals surface area contributed by atoms with Crippen molar-refractivity contribution >= 4 is 28.5 Å². The highest BCUT2D eigenvalue weighted by Crippen LogP contribution is 2.39. The molecule has 6 heteroatoms. The van der Waals surface area contributed by atoms with Crippen molar-refractivity contribution in [3.05, 3.63) is 41.7 Å². The summed E-state index contributed by atoms with van der Waals surface area (Å²) in [5.74, 6) is 0.709. The molecule has 0 radical (unpaired) electrons. The van der Waals surface area contributed by atoms with E-state index in [1.807, 2.05) is 30.6 Å². The van der Waals surface area contributed by atoms with Gasteiger partial charge >= 0.3 is 0 Å². The second-order valence-corrected chi connectivity index (χ2v) is 7.93. The molecule has 1 saturated carbocycles. The molecule has 0 bridgehead atoms. The van der Waals surface area contributed by atoms with Crippen LogP contribution in [0.25, 0.3) is 22.2 Å². The van der Waals surface area contributed by atoms with Crippen LogP contribution in [0.3, 0.4) is 0 Å². The van der Waals surface area contributed by atoms with Crippen LogP contribution in [0.4, 0.5) is 5.95 Å². The van der Waals surface area contributed by atoms with Gasteiger partial charge in [0.15, 0.2) is 0 Å². The van der Waals surface area contributed by atoms with Crippen LogP contribution in [0.1, 0.15) is 32.1 Å². The van der Waals surface area contributed by atoms with Crippen molar-refractivity contribution in [1.82, 2.24) is 20.3 Å². The molecule has 1 saturated heterocycles. The van der Waals surface area contributed by atoms with Gasteiger partial charge in [0, 0.05) is 34.9 Å². The Hall–Kier alpha value is -2.11. The monoisotopic (exact) mass is 367 g/mol. The fourth-order valence-electron chi connectivity index (χ4n) is 4.36. The van der Waals surface area contributed by atoms with E-state index in [4.69, 9.17) is 16.6 Å². The van der Waals surface area contributed by atoms with Crippen LogP contribution in [-0.2, 0) is 0 Å². The third kappa shape index (κ3) is 2.75.